The predicted octanol–water partition coefficient (Wildman–Crippen LogP) is 2.87. The summed E-state index contributed by atoms with van der Waals surface area (Å²) in [6.07, 6.45) is 2.34. The molecule has 0 unspecified atom stereocenters. The Kier molecular flexibility index (Phi) is 3.29. The maximum Gasteiger partial charge on any atom is 0.171 e. The van der Waals surface area contributed by atoms with Crippen molar-refractivity contribution >= 4 is 34.7 Å². The second-order valence-corrected chi connectivity index (χ2v) is 5.54. The molecular formula is C14H13ClN2OS. The fourth-order valence-electron chi connectivity index (χ4n) is 2.65. The van der Waals surface area contributed by atoms with Crippen molar-refractivity contribution in [1.29, 1.82) is 0 Å². The van der Waals surface area contributed by atoms with Crippen LogP contribution in [0.3, 0.4) is 0 Å². The Labute approximate surface area is 122 Å². The third kappa shape index (κ3) is 2.26. The highest BCUT2D eigenvalue weighted by atomic mass is 35.5. The molecule has 0 bridgehead atoms. The average Bonchev–Trinajstić information content (AvgIpc) is 2.38. The highest BCUT2D eigenvalue weighted by Gasteiger charge is 2.33. The lowest BCUT2D eigenvalue weighted by molar-refractivity contribution is -0.116. The molecule has 3 nitrogen and oxygen atoms in total. The minimum absolute atomic E-state index is 0.175. The Balaban J connectivity index is 2.11. The zero-order valence-electron chi connectivity index (χ0n) is 10.2. The molecule has 0 aromatic heterocycles. The summed E-state index contributed by atoms with van der Waals surface area (Å²) in [5, 5.41) is 7.47. The van der Waals surface area contributed by atoms with Crippen LogP contribution < -0.4 is 10.6 Å². The molecule has 0 fully saturated rings. The first-order valence-corrected chi connectivity index (χ1v) is 7.03. The molecule has 0 amide bonds. The quantitative estimate of drug-likeness (QED) is 0.781. The molecule has 2 aliphatic rings. The standard InChI is InChI=1S/C14H13ClN2OS/c15-9-5-2-1-4-8(9)13-12-10(16-14(19)17-13)6-3-7-11(12)18/h1-2,4-5,13H,3,6-7H2,(H2,16,17,19)/t13-/m1/s1. The summed E-state index contributed by atoms with van der Waals surface area (Å²) in [5.74, 6) is 0.175. The van der Waals surface area contributed by atoms with E-state index in [4.69, 9.17) is 23.8 Å². The van der Waals surface area contributed by atoms with Gasteiger partial charge in [-0.05, 0) is 36.7 Å². The topological polar surface area (TPSA) is 41.1 Å². The summed E-state index contributed by atoms with van der Waals surface area (Å²) in [6.45, 7) is 0. The molecule has 98 valence electrons. The van der Waals surface area contributed by atoms with E-state index in [-0.39, 0.29) is 11.8 Å². The Morgan fingerprint density at radius 2 is 2.05 bits per heavy atom. The fourth-order valence-corrected chi connectivity index (χ4v) is 3.13. The summed E-state index contributed by atoms with van der Waals surface area (Å²) >= 11 is 11.5. The molecule has 19 heavy (non-hydrogen) atoms. The van der Waals surface area contributed by atoms with Crippen molar-refractivity contribution in [2.75, 3.05) is 0 Å². The van der Waals surface area contributed by atoms with Crippen LogP contribution in [0, 0.1) is 0 Å². The summed E-state index contributed by atoms with van der Waals surface area (Å²) in [7, 11) is 0. The Morgan fingerprint density at radius 3 is 2.84 bits per heavy atom. The smallest absolute Gasteiger partial charge is 0.171 e. The zero-order chi connectivity index (χ0) is 13.4. The molecule has 3 rings (SSSR count). The molecule has 0 saturated heterocycles. The molecule has 1 aliphatic heterocycles. The molecule has 1 aromatic rings. The van der Waals surface area contributed by atoms with E-state index in [1.165, 1.54) is 0 Å². The van der Waals surface area contributed by atoms with Gasteiger partial charge < -0.3 is 10.6 Å². The maximum atomic E-state index is 12.2. The van der Waals surface area contributed by atoms with Crippen LogP contribution in [0.15, 0.2) is 35.5 Å². The van der Waals surface area contributed by atoms with Crippen LogP contribution >= 0.6 is 23.8 Å². The molecule has 5 heteroatoms. The van der Waals surface area contributed by atoms with Crippen LogP contribution in [0.5, 0.6) is 0 Å². The SMILES string of the molecule is O=C1CCCC2=C1[C@@H](c1ccccc1Cl)NC(=S)N2. The zero-order valence-corrected chi connectivity index (χ0v) is 11.8. The van der Waals surface area contributed by atoms with Gasteiger partial charge in [0.15, 0.2) is 10.9 Å². The number of hydrogen-bond donors (Lipinski definition) is 2. The van der Waals surface area contributed by atoms with Crippen molar-refractivity contribution in [2.45, 2.75) is 25.3 Å². The molecule has 1 aromatic carbocycles. The summed E-state index contributed by atoms with van der Waals surface area (Å²) in [4.78, 5) is 12.2. The molecule has 1 heterocycles. The number of benzene rings is 1. The van der Waals surface area contributed by atoms with Crippen LogP contribution in [-0.2, 0) is 4.79 Å². The molecule has 0 saturated carbocycles. The number of thiocarbonyl (C=S) groups is 1. The van der Waals surface area contributed by atoms with Gasteiger partial charge in [-0.15, -0.1) is 0 Å². The Bertz CT molecular complexity index is 597. The fraction of sp³-hybridized carbons (Fsp3) is 0.286. The summed E-state index contributed by atoms with van der Waals surface area (Å²) in [5.41, 5.74) is 2.63. The maximum absolute atomic E-state index is 12.2. The molecular weight excluding hydrogens is 280 g/mol. The second-order valence-electron chi connectivity index (χ2n) is 4.72. The monoisotopic (exact) mass is 292 g/mol. The van der Waals surface area contributed by atoms with E-state index < -0.39 is 0 Å². The number of rotatable bonds is 1. The normalized spacial score (nSPS) is 22.7. The van der Waals surface area contributed by atoms with Gasteiger partial charge in [0, 0.05) is 22.7 Å². The van der Waals surface area contributed by atoms with Crippen molar-refractivity contribution < 1.29 is 4.79 Å². The highest BCUT2D eigenvalue weighted by Crippen LogP contribution is 2.35. The molecule has 1 aliphatic carbocycles. The van der Waals surface area contributed by atoms with Gasteiger partial charge in [-0.3, -0.25) is 4.79 Å². The average molecular weight is 293 g/mol. The van der Waals surface area contributed by atoms with Crippen LogP contribution in [0.1, 0.15) is 30.9 Å². The lowest BCUT2D eigenvalue weighted by Gasteiger charge is -2.34. The number of Topliss-reactive ketones (excluding diaryl/α,β-unsaturated/α-hetero) is 1. The van der Waals surface area contributed by atoms with Crippen molar-refractivity contribution in [1.82, 2.24) is 10.6 Å². The van der Waals surface area contributed by atoms with Gasteiger partial charge >= 0.3 is 0 Å². The van der Waals surface area contributed by atoms with Crippen LogP contribution in [0.2, 0.25) is 5.02 Å². The number of allylic oxidation sites excluding steroid dienone is 1. The number of carbonyl (C=O) groups excluding carboxylic acids is 1. The van der Waals surface area contributed by atoms with Gasteiger partial charge in [-0.1, -0.05) is 29.8 Å². The summed E-state index contributed by atoms with van der Waals surface area (Å²) < 4.78 is 0. The van der Waals surface area contributed by atoms with Crippen LogP contribution in [0.4, 0.5) is 0 Å². The third-order valence-corrected chi connectivity index (χ3v) is 4.07. The van der Waals surface area contributed by atoms with Crippen molar-refractivity contribution in [2.24, 2.45) is 0 Å². The van der Waals surface area contributed by atoms with Gasteiger partial charge in [0.05, 0.1) is 6.04 Å². The minimum atomic E-state index is -0.231. The van der Waals surface area contributed by atoms with Gasteiger partial charge in [0.25, 0.3) is 0 Å². The lowest BCUT2D eigenvalue weighted by Crippen LogP contribution is -2.46. The summed E-state index contributed by atoms with van der Waals surface area (Å²) in [6, 6.07) is 7.33. The molecule has 0 spiro atoms. The van der Waals surface area contributed by atoms with Gasteiger partial charge in [0.1, 0.15) is 0 Å². The van der Waals surface area contributed by atoms with E-state index in [0.717, 1.165) is 29.7 Å². The number of ketones is 1. The van der Waals surface area contributed by atoms with Crippen molar-refractivity contribution in [3.05, 3.63) is 46.1 Å². The van der Waals surface area contributed by atoms with Crippen molar-refractivity contribution in [3.8, 4) is 0 Å². The van der Waals surface area contributed by atoms with Crippen LogP contribution in [-0.4, -0.2) is 10.9 Å². The number of halogens is 1. The minimum Gasteiger partial charge on any atom is -0.351 e. The largest absolute Gasteiger partial charge is 0.351 e. The second kappa shape index (κ2) is 4.94. The van der Waals surface area contributed by atoms with E-state index in [2.05, 4.69) is 10.6 Å². The number of carbonyl (C=O) groups is 1. The Hall–Kier alpha value is -1.39. The van der Waals surface area contributed by atoms with Gasteiger partial charge in [0.2, 0.25) is 0 Å². The van der Waals surface area contributed by atoms with Gasteiger partial charge in [-0.2, -0.15) is 0 Å². The first kappa shape index (κ1) is 12.6. The van der Waals surface area contributed by atoms with E-state index in [1.54, 1.807) is 0 Å². The molecule has 1 atom stereocenters. The van der Waals surface area contributed by atoms with E-state index >= 15 is 0 Å². The molecule has 0 radical (unpaired) electrons. The highest BCUT2D eigenvalue weighted by molar-refractivity contribution is 7.80. The van der Waals surface area contributed by atoms with Gasteiger partial charge in [-0.25, -0.2) is 0 Å². The van der Waals surface area contributed by atoms with E-state index in [0.29, 0.717) is 16.6 Å². The van der Waals surface area contributed by atoms with Crippen molar-refractivity contribution in [3.63, 3.8) is 0 Å². The Morgan fingerprint density at radius 1 is 1.26 bits per heavy atom. The van der Waals surface area contributed by atoms with E-state index in [9.17, 15) is 4.79 Å². The molecule has 2 N–H and O–H groups in total. The third-order valence-electron chi connectivity index (χ3n) is 3.50. The first-order valence-electron chi connectivity index (χ1n) is 6.25. The predicted molar refractivity (Wildman–Crippen MR) is 78.9 cm³/mol. The number of hydrogen-bond acceptors (Lipinski definition) is 2. The lowest BCUT2D eigenvalue weighted by atomic mass is 9.85. The first-order chi connectivity index (χ1) is 9.16. The number of nitrogens with one attached hydrogen (secondary N) is 2. The van der Waals surface area contributed by atoms with Crippen LogP contribution in [0.25, 0.3) is 0 Å². The van der Waals surface area contributed by atoms with E-state index in [1.807, 2.05) is 24.3 Å².